The van der Waals surface area contributed by atoms with Gasteiger partial charge in [-0.1, -0.05) is 48.5 Å². The third kappa shape index (κ3) is 11.0. The summed E-state index contributed by atoms with van der Waals surface area (Å²) in [6, 6.07) is 26.9. The van der Waals surface area contributed by atoms with Crippen molar-refractivity contribution in [1.82, 2.24) is 0 Å². The number of aliphatic hydroxyl groups is 1. The number of benzene rings is 4. The first-order valence-corrected chi connectivity index (χ1v) is 12.1. The fourth-order valence-corrected chi connectivity index (χ4v) is 3.63. The summed E-state index contributed by atoms with van der Waals surface area (Å²) in [5, 5.41) is 15.6. The Balaban J connectivity index is 0.000000525. The molecule has 0 spiro atoms. The molecule has 4 rings (SSSR count). The molecular formula is C30H36F2N2O2S. The van der Waals surface area contributed by atoms with E-state index in [2.05, 4.69) is 23.3 Å². The van der Waals surface area contributed by atoms with E-state index in [0.29, 0.717) is 30.0 Å². The number of phenolic OH excluding ortho intramolecular Hbond substituents is 1. The van der Waals surface area contributed by atoms with Gasteiger partial charge in [0, 0.05) is 30.8 Å². The molecule has 198 valence electrons. The molecule has 0 heterocycles. The molecule has 0 amide bonds. The van der Waals surface area contributed by atoms with Crippen molar-refractivity contribution in [2.24, 2.45) is 5.73 Å². The highest BCUT2D eigenvalue weighted by Gasteiger charge is 2.11. The maximum Gasteiger partial charge on any atom is 0.126 e. The van der Waals surface area contributed by atoms with Crippen LogP contribution in [-0.4, -0.2) is 24.4 Å². The van der Waals surface area contributed by atoms with Crippen LogP contribution in [0.15, 0.2) is 95.9 Å². The molecule has 0 saturated heterocycles. The number of aliphatic hydroxyl groups excluding tert-OH is 1. The number of anilines is 1. The van der Waals surface area contributed by atoms with Crippen molar-refractivity contribution in [2.75, 3.05) is 19.1 Å². The topological polar surface area (TPSA) is 69.7 Å². The van der Waals surface area contributed by atoms with E-state index in [0.717, 1.165) is 28.8 Å². The zero-order chi connectivity index (χ0) is 27.8. The molecule has 0 bridgehead atoms. The molecule has 0 fully saturated rings. The summed E-state index contributed by atoms with van der Waals surface area (Å²) in [4.78, 5) is 3.05. The molecule has 4 aromatic carbocycles. The summed E-state index contributed by atoms with van der Waals surface area (Å²) in [5.41, 5.74) is 8.81. The average molecular weight is 527 g/mol. The second-order valence-electron chi connectivity index (χ2n) is 7.88. The van der Waals surface area contributed by atoms with E-state index in [1.165, 1.54) is 19.2 Å². The lowest BCUT2D eigenvalue weighted by Gasteiger charge is -2.26. The van der Waals surface area contributed by atoms with Crippen LogP contribution in [0.3, 0.4) is 0 Å². The molecule has 0 unspecified atom stereocenters. The van der Waals surface area contributed by atoms with Gasteiger partial charge in [-0.2, -0.15) is 0 Å². The van der Waals surface area contributed by atoms with Crippen molar-refractivity contribution in [3.63, 3.8) is 0 Å². The van der Waals surface area contributed by atoms with E-state index < -0.39 is 0 Å². The van der Waals surface area contributed by atoms with E-state index in [1.807, 2.05) is 42.5 Å². The second-order valence-corrected chi connectivity index (χ2v) is 8.39. The summed E-state index contributed by atoms with van der Waals surface area (Å²) in [7, 11) is 2.50. The Bertz CT molecular complexity index is 1150. The first-order chi connectivity index (χ1) is 17.8. The lowest BCUT2D eigenvalue weighted by molar-refractivity contribution is 0.399. The van der Waals surface area contributed by atoms with Crippen LogP contribution in [0.2, 0.25) is 0 Å². The standard InChI is InChI=1S/C22H21F2NS.C6H6O.CH5N.CH4O/c1-15-10-17(6-8-21(15)23)13-25(19-4-3-5-20(26)12-19)14-18-7-9-22(24)16(2)11-18;7-6-4-2-1-3-5-6;2*1-2/h3-12,26H,13-14H2,1-2H3;1-5,7H;2H2,1H3;2H,1H3. The van der Waals surface area contributed by atoms with E-state index in [1.54, 1.807) is 50.2 Å². The highest BCUT2D eigenvalue weighted by molar-refractivity contribution is 7.80. The summed E-state index contributed by atoms with van der Waals surface area (Å²) < 4.78 is 27.2. The zero-order valence-electron chi connectivity index (χ0n) is 21.7. The van der Waals surface area contributed by atoms with Gasteiger partial charge >= 0.3 is 0 Å². The monoisotopic (exact) mass is 526 g/mol. The molecule has 37 heavy (non-hydrogen) atoms. The molecular weight excluding hydrogens is 490 g/mol. The maximum atomic E-state index is 13.6. The van der Waals surface area contributed by atoms with Crippen molar-refractivity contribution < 1.29 is 19.0 Å². The summed E-state index contributed by atoms with van der Waals surface area (Å²) in [5.74, 6) is -0.0823. The number of rotatable bonds is 5. The molecule has 4 N–H and O–H groups in total. The molecule has 0 aliphatic carbocycles. The molecule has 0 atom stereocenters. The van der Waals surface area contributed by atoms with Crippen molar-refractivity contribution in [2.45, 2.75) is 31.8 Å². The maximum absolute atomic E-state index is 13.6. The normalized spacial score (nSPS) is 9.54. The molecule has 7 heteroatoms. The highest BCUT2D eigenvalue weighted by Crippen LogP contribution is 2.24. The van der Waals surface area contributed by atoms with Gasteiger partial charge in [0.2, 0.25) is 0 Å². The fraction of sp³-hybridized carbons (Fsp3) is 0.200. The largest absolute Gasteiger partial charge is 0.508 e. The third-order valence-electron chi connectivity index (χ3n) is 5.14. The number of nitrogens with zero attached hydrogens (tertiary/aromatic N) is 1. The van der Waals surface area contributed by atoms with Gasteiger partial charge in [-0.15, -0.1) is 12.6 Å². The van der Waals surface area contributed by atoms with Gasteiger partial charge in [0.25, 0.3) is 0 Å². The first kappa shape index (κ1) is 31.6. The van der Waals surface area contributed by atoms with E-state index in [9.17, 15) is 8.78 Å². The van der Waals surface area contributed by atoms with Crippen molar-refractivity contribution >= 4 is 18.3 Å². The number of thiol groups is 1. The number of halogens is 2. The second kappa shape index (κ2) is 17.1. The zero-order valence-corrected chi connectivity index (χ0v) is 22.6. The van der Waals surface area contributed by atoms with E-state index >= 15 is 0 Å². The number of aromatic hydroxyl groups is 1. The molecule has 0 radical (unpaired) electrons. The number of para-hydroxylation sites is 1. The molecule has 0 aliphatic heterocycles. The smallest absolute Gasteiger partial charge is 0.126 e. The molecule has 4 aromatic rings. The van der Waals surface area contributed by atoms with Crippen LogP contribution in [0.25, 0.3) is 0 Å². The Morgan fingerprint density at radius 3 is 1.57 bits per heavy atom. The van der Waals surface area contributed by atoms with Crippen molar-refractivity contribution in [1.29, 1.82) is 0 Å². The molecule has 0 aromatic heterocycles. The first-order valence-electron chi connectivity index (χ1n) is 11.6. The lowest BCUT2D eigenvalue weighted by Crippen LogP contribution is -2.22. The lowest BCUT2D eigenvalue weighted by atomic mass is 10.1. The van der Waals surface area contributed by atoms with Crippen molar-refractivity contribution in [3.05, 3.63) is 125 Å². The van der Waals surface area contributed by atoms with E-state index in [-0.39, 0.29) is 11.6 Å². The number of phenols is 1. The Labute approximate surface area is 224 Å². The minimum absolute atomic E-state index is 0.202. The van der Waals surface area contributed by atoms with Gasteiger partial charge in [-0.05, 0) is 85.6 Å². The molecule has 0 saturated carbocycles. The van der Waals surface area contributed by atoms with Gasteiger partial charge in [0.05, 0.1) is 0 Å². The average Bonchev–Trinajstić information content (AvgIpc) is 2.91. The van der Waals surface area contributed by atoms with Crippen LogP contribution < -0.4 is 10.6 Å². The van der Waals surface area contributed by atoms with Crippen LogP contribution in [0.5, 0.6) is 5.75 Å². The van der Waals surface area contributed by atoms with Crippen molar-refractivity contribution in [3.8, 4) is 5.75 Å². The van der Waals surface area contributed by atoms with Gasteiger partial charge in [-0.3, -0.25) is 0 Å². The molecule has 4 nitrogen and oxygen atoms in total. The predicted molar refractivity (Wildman–Crippen MR) is 152 cm³/mol. The summed E-state index contributed by atoms with van der Waals surface area (Å²) >= 11 is 4.43. The summed E-state index contributed by atoms with van der Waals surface area (Å²) in [6.07, 6.45) is 0. The molecule has 0 aliphatic rings. The Hall–Kier alpha value is -3.39. The number of nitrogens with two attached hydrogens (primary N) is 1. The number of hydrogen-bond donors (Lipinski definition) is 4. The minimum Gasteiger partial charge on any atom is -0.508 e. The van der Waals surface area contributed by atoms with Crippen LogP contribution in [0.4, 0.5) is 14.5 Å². The summed E-state index contributed by atoms with van der Waals surface area (Å²) in [6.45, 7) is 4.77. The van der Waals surface area contributed by atoms with Gasteiger partial charge < -0.3 is 20.8 Å². The van der Waals surface area contributed by atoms with Crippen LogP contribution >= 0.6 is 12.6 Å². The van der Waals surface area contributed by atoms with Gasteiger partial charge in [0.15, 0.2) is 0 Å². The quantitative estimate of drug-likeness (QED) is 0.220. The van der Waals surface area contributed by atoms with Gasteiger partial charge in [-0.25, -0.2) is 8.78 Å². The van der Waals surface area contributed by atoms with Crippen LogP contribution in [0, 0.1) is 25.5 Å². The number of aryl methyl sites for hydroxylation is 2. The number of hydrogen-bond acceptors (Lipinski definition) is 5. The third-order valence-corrected chi connectivity index (χ3v) is 5.42. The Morgan fingerprint density at radius 2 is 1.19 bits per heavy atom. The van der Waals surface area contributed by atoms with Crippen LogP contribution in [0.1, 0.15) is 22.3 Å². The van der Waals surface area contributed by atoms with Crippen LogP contribution in [-0.2, 0) is 13.1 Å². The minimum atomic E-state index is -0.202. The Kier molecular flexibility index (Phi) is 14.7. The predicted octanol–water partition coefficient (Wildman–Crippen LogP) is 6.65. The highest BCUT2D eigenvalue weighted by atomic mass is 32.1. The fourth-order valence-electron chi connectivity index (χ4n) is 3.41. The Morgan fingerprint density at radius 1 is 0.703 bits per heavy atom. The van der Waals surface area contributed by atoms with E-state index in [4.69, 9.17) is 10.2 Å². The SMILES string of the molecule is CN.CO.Cc1cc(CN(Cc2ccc(F)c(C)c2)c2cccc(S)c2)ccc1F.Oc1ccccc1. The van der Waals surface area contributed by atoms with Gasteiger partial charge in [0.1, 0.15) is 17.4 Å².